The van der Waals surface area contributed by atoms with Crippen molar-refractivity contribution >= 4 is 23.0 Å². The number of benzene rings is 2. The molecule has 1 amide bonds. The Morgan fingerprint density at radius 2 is 1.86 bits per heavy atom. The number of carbonyl (C=O) groups excluding carboxylic acids is 1. The van der Waals surface area contributed by atoms with Crippen LogP contribution in [0.4, 0.5) is 0 Å². The van der Waals surface area contributed by atoms with E-state index in [2.05, 4.69) is 23.1 Å². The van der Waals surface area contributed by atoms with Gasteiger partial charge in [-0.1, -0.05) is 36.4 Å². The van der Waals surface area contributed by atoms with E-state index in [9.17, 15) is 9.90 Å². The van der Waals surface area contributed by atoms with Crippen LogP contribution in [0.15, 0.2) is 65.3 Å². The van der Waals surface area contributed by atoms with Gasteiger partial charge in [0.1, 0.15) is 5.58 Å². The fraction of sp³-hybridized carbons (Fsp3) is 0.227. The molecule has 0 unspecified atom stereocenters. The zero-order valence-electron chi connectivity index (χ0n) is 15.5. The van der Waals surface area contributed by atoms with Crippen molar-refractivity contribution in [3.8, 4) is 0 Å². The highest BCUT2D eigenvalue weighted by atomic mass is 16.5. The Balaban J connectivity index is 1.59. The number of hydrogen-bond acceptors (Lipinski definition) is 5. The number of nitrogens with one attached hydrogen (secondary N) is 1. The summed E-state index contributed by atoms with van der Waals surface area (Å²) in [5, 5.41) is 19.0. The molecule has 0 fully saturated rings. The standard InChI is InChI=1S/C22H24N2O4/c25-13-12-24(11-9-18-5-7-20-10-14-28-21(20)15-18)16-19-3-1-17(2-4-19)6-8-22(26)23-27/h1-8,10,14-15,25,27H,9,11-13,16H2,(H,23,26)/b8-6+. The highest BCUT2D eigenvalue weighted by Gasteiger charge is 2.07. The van der Waals surface area contributed by atoms with Crippen molar-refractivity contribution in [3.63, 3.8) is 0 Å². The summed E-state index contributed by atoms with van der Waals surface area (Å²) in [6, 6.07) is 16.0. The van der Waals surface area contributed by atoms with Crippen LogP contribution in [0.25, 0.3) is 17.0 Å². The van der Waals surface area contributed by atoms with E-state index in [1.54, 1.807) is 17.8 Å². The number of fused-ring (bicyclic) bond motifs is 1. The summed E-state index contributed by atoms with van der Waals surface area (Å²) in [4.78, 5) is 13.2. The van der Waals surface area contributed by atoms with E-state index >= 15 is 0 Å². The van der Waals surface area contributed by atoms with Gasteiger partial charge in [0.25, 0.3) is 5.91 Å². The fourth-order valence-corrected chi connectivity index (χ4v) is 3.05. The maximum absolute atomic E-state index is 11.0. The van der Waals surface area contributed by atoms with Crippen LogP contribution in [0, 0.1) is 0 Å². The van der Waals surface area contributed by atoms with Crippen molar-refractivity contribution in [1.29, 1.82) is 0 Å². The van der Waals surface area contributed by atoms with Crippen LogP contribution in [0.2, 0.25) is 0 Å². The van der Waals surface area contributed by atoms with E-state index in [4.69, 9.17) is 9.62 Å². The van der Waals surface area contributed by atoms with Gasteiger partial charge in [0.2, 0.25) is 0 Å². The summed E-state index contributed by atoms with van der Waals surface area (Å²) < 4.78 is 5.46. The molecule has 28 heavy (non-hydrogen) atoms. The molecule has 3 rings (SSSR count). The summed E-state index contributed by atoms with van der Waals surface area (Å²) >= 11 is 0. The Bertz CT molecular complexity index is 931. The first-order valence-electron chi connectivity index (χ1n) is 9.18. The molecular weight excluding hydrogens is 356 g/mol. The lowest BCUT2D eigenvalue weighted by Gasteiger charge is -2.21. The fourth-order valence-electron chi connectivity index (χ4n) is 3.05. The Morgan fingerprint density at radius 3 is 2.61 bits per heavy atom. The lowest BCUT2D eigenvalue weighted by Crippen LogP contribution is -2.28. The van der Waals surface area contributed by atoms with Crippen molar-refractivity contribution in [3.05, 3.63) is 77.6 Å². The average Bonchev–Trinajstić information content (AvgIpc) is 3.19. The minimum atomic E-state index is -0.564. The number of aliphatic hydroxyl groups excluding tert-OH is 1. The number of carbonyl (C=O) groups is 1. The first-order valence-corrected chi connectivity index (χ1v) is 9.18. The van der Waals surface area contributed by atoms with E-state index in [0.717, 1.165) is 41.6 Å². The van der Waals surface area contributed by atoms with Gasteiger partial charge in [-0.2, -0.15) is 0 Å². The second kappa shape index (κ2) is 9.85. The zero-order chi connectivity index (χ0) is 19.8. The highest BCUT2D eigenvalue weighted by molar-refractivity contribution is 5.90. The minimum Gasteiger partial charge on any atom is -0.464 e. The van der Waals surface area contributed by atoms with E-state index in [0.29, 0.717) is 6.54 Å². The third-order valence-electron chi connectivity index (χ3n) is 4.58. The second-order valence-electron chi connectivity index (χ2n) is 6.59. The Kier molecular flexibility index (Phi) is 6.97. The number of rotatable bonds is 9. The second-order valence-corrected chi connectivity index (χ2v) is 6.59. The van der Waals surface area contributed by atoms with Gasteiger partial charge in [0.05, 0.1) is 12.9 Å². The number of hydroxylamine groups is 1. The van der Waals surface area contributed by atoms with E-state index in [1.807, 2.05) is 30.3 Å². The molecule has 0 radical (unpaired) electrons. The molecule has 0 saturated carbocycles. The molecule has 0 atom stereocenters. The molecule has 6 nitrogen and oxygen atoms in total. The first kappa shape index (κ1) is 19.8. The number of aliphatic hydroxyl groups is 1. The van der Waals surface area contributed by atoms with Crippen LogP contribution in [0.5, 0.6) is 0 Å². The van der Waals surface area contributed by atoms with Crippen LogP contribution in [0.1, 0.15) is 16.7 Å². The van der Waals surface area contributed by atoms with Crippen molar-refractivity contribution in [2.24, 2.45) is 0 Å². The van der Waals surface area contributed by atoms with Crippen LogP contribution in [-0.4, -0.2) is 40.8 Å². The Labute approximate surface area is 163 Å². The molecular formula is C22H24N2O4. The molecule has 1 heterocycles. The predicted molar refractivity (Wildman–Crippen MR) is 108 cm³/mol. The van der Waals surface area contributed by atoms with Crippen molar-refractivity contribution < 1.29 is 19.5 Å². The highest BCUT2D eigenvalue weighted by Crippen LogP contribution is 2.18. The van der Waals surface area contributed by atoms with Crippen LogP contribution >= 0.6 is 0 Å². The number of furan rings is 1. The van der Waals surface area contributed by atoms with Gasteiger partial charge < -0.3 is 9.52 Å². The smallest absolute Gasteiger partial charge is 0.267 e. The van der Waals surface area contributed by atoms with Crippen LogP contribution in [-0.2, 0) is 17.8 Å². The van der Waals surface area contributed by atoms with Gasteiger partial charge >= 0.3 is 0 Å². The predicted octanol–water partition coefficient (Wildman–Crippen LogP) is 2.99. The van der Waals surface area contributed by atoms with Gasteiger partial charge in [0, 0.05) is 31.1 Å². The number of hydrogen-bond donors (Lipinski definition) is 3. The molecule has 3 N–H and O–H groups in total. The van der Waals surface area contributed by atoms with Crippen LogP contribution in [0.3, 0.4) is 0 Å². The van der Waals surface area contributed by atoms with E-state index in [-0.39, 0.29) is 6.61 Å². The van der Waals surface area contributed by atoms with Crippen molar-refractivity contribution in [2.75, 3.05) is 19.7 Å². The van der Waals surface area contributed by atoms with Crippen LogP contribution < -0.4 is 5.48 Å². The number of nitrogens with zero attached hydrogens (tertiary/aromatic N) is 1. The van der Waals surface area contributed by atoms with Crippen molar-refractivity contribution in [2.45, 2.75) is 13.0 Å². The topological polar surface area (TPSA) is 85.9 Å². The van der Waals surface area contributed by atoms with Gasteiger partial charge in [0.15, 0.2) is 0 Å². The molecule has 2 aromatic carbocycles. The summed E-state index contributed by atoms with van der Waals surface area (Å²) in [6.07, 6.45) is 5.46. The molecule has 0 spiro atoms. The SMILES string of the molecule is O=C(/C=C/c1ccc(CN(CCO)CCc2ccc3ccoc3c2)cc1)NO. The third-order valence-corrected chi connectivity index (χ3v) is 4.58. The third kappa shape index (κ3) is 5.53. The van der Waals surface area contributed by atoms with Gasteiger partial charge in [-0.25, -0.2) is 5.48 Å². The largest absolute Gasteiger partial charge is 0.464 e. The Hall–Kier alpha value is -2.93. The lowest BCUT2D eigenvalue weighted by atomic mass is 10.1. The van der Waals surface area contributed by atoms with Gasteiger partial charge in [-0.3, -0.25) is 14.9 Å². The Morgan fingerprint density at radius 1 is 1.07 bits per heavy atom. The minimum absolute atomic E-state index is 0.105. The van der Waals surface area contributed by atoms with Crippen molar-refractivity contribution in [1.82, 2.24) is 10.4 Å². The maximum atomic E-state index is 11.0. The summed E-state index contributed by atoms with van der Waals surface area (Å²) in [5.41, 5.74) is 5.65. The molecule has 1 aromatic heterocycles. The molecule has 0 saturated heterocycles. The van der Waals surface area contributed by atoms with Gasteiger partial charge in [-0.15, -0.1) is 0 Å². The monoisotopic (exact) mass is 380 g/mol. The summed E-state index contributed by atoms with van der Waals surface area (Å²) in [6.45, 7) is 2.26. The van der Waals surface area contributed by atoms with Gasteiger partial charge in [-0.05, 0) is 41.3 Å². The molecule has 0 aliphatic carbocycles. The zero-order valence-corrected chi connectivity index (χ0v) is 15.5. The maximum Gasteiger partial charge on any atom is 0.267 e. The summed E-state index contributed by atoms with van der Waals surface area (Å²) in [7, 11) is 0. The lowest BCUT2D eigenvalue weighted by molar-refractivity contribution is -0.124. The first-order chi connectivity index (χ1) is 13.7. The molecule has 0 bridgehead atoms. The van der Waals surface area contributed by atoms with E-state index in [1.165, 1.54) is 11.6 Å². The average molecular weight is 380 g/mol. The number of amides is 1. The molecule has 0 aliphatic rings. The van der Waals surface area contributed by atoms with E-state index < -0.39 is 5.91 Å². The molecule has 3 aromatic rings. The molecule has 146 valence electrons. The quantitative estimate of drug-likeness (QED) is 0.302. The molecule has 0 aliphatic heterocycles. The normalized spacial score (nSPS) is 11.5. The summed E-state index contributed by atoms with van der Waals surface area (Å²) in [5.74, 6) is -0.564. The molecule has 6 heteroatoms.